The van der Waals surface area contributed by atoms with Crippen molar-refractivity contribution >= 4 is 55.7 Å². The van der Waals surface area contributed by atoms with Crippen LogP contribution in [-0.4, -0.2) is 68.7 Å². The molecule has 2 amide bonds. The number of rotatable bonds is 11. The van der Waals surface area contributed by atoms with Crippen molar-refractivity contribution in [2.45, 2.75) is 16.0 Å². The Morgan fingerprint density at radius 1 is 0.754 bits per heavy atom. The number of hydrogen-bond acceptors (Lipinski definition) is 8. The lowest BCUT2D eigenvalue weighted by Crippen LogP contribution is -2.48. The predicted octanol–water partition coefficient (Wildman–Crippen LogP) is 8.52. The number of aromatic hydroxyl groups is 1. The van der Waals surface area contributed by atoms with Crippen LogP contribution in [0.5, 0.6) is 5.75 Å². The van der Waals surface area contributed by atoms with Gasteiger partial charge in [-0.2, -0.15) is 13.2 Å². The number of fused-ring (bicyclic) bond motifs is 1. The second-order valence-corrected chi connectivity index (χ2v) is 16.2. The van der Waals surface area contributed by atoms with E-state index in [1.54, 1.807) is 35.2 Å². The number of sulfonamides is 1. The lowest BCUT2D eigenvalue weighted by atomic mass is 9.94. The van der Waals surface area contributed by atoms with Gasteiger partial charge in [-0.15, -0.1) is 11.8 Å². The maximum absolute atomic E-state index is 14.0. The Morgan fingerprint density at radius 2 is 1.46 bits per heavy atom. The number of carbonyl (C=O) groups excluding carboxylic acids is 2. The number of benzene rings is 6. The number of nitrogens with zero attached hydrogens (tertiary/aromatic N) is 2. The highest BCUT2D eigenvalue weighted by Gasteiger charge is 2.35. The molecule has 292 valence electrons. The van der Waals surface area contributed by atoms with E-state index in [2.05, 4.69) is 5.32 Å². The third-order valence-electron chi connectivity index (χ3n) is 9.64. The highest BCUT2D eigenvalue weighted by molar-refractivity contribution is 7.99. The fourth-order valence-electron chi connectivity index (χ4n) is 6.76. The number of piperazine rings is 1. The molecule has 0 aliphatic carbocycles. The minimum atomic E-state index is -4.85. The fraction of sp³-hybridized carbons (Fsp3) is 0.163. The number of halogens is 3. The average molecular weight is 811 g/mol. The summed E-state index contributed by atoms with van der Waals surface area (Å²) in [5.41, 5.74) is 1.64. The van der Waals surface area contributed by atoms with Gasteiger partial charge in [-0.3, -0.25) is 9.59 Å². The van der Waals surface area contributed by atoms with Crippen molar-refractivity contribution in [3.8, 4) is 16.9 Å². The zero-order valence-corrected chi connectivity index (χ0v) is 32.0. The maximum Gasteiger partial charge on any atom is 0.418 e. The monoisotopic (exact) mass is 810 g/mol. The molecule has 0 atom stereocenters. The van der Waals surface area contributed by atoms with Crippen molar-refractivity contribution in [2.75, 3.05) is 48.7 Å². The lowest BCUT2D eigenvalue weighted by molar-refractivity contribution is -0.137. The summed E-state index contributed by atoms with van der Waals surface area (Å²) < 4.78 is 70.2. The zero-order valence-electron chi connectivity index (χ0n) is 30.4. The topological polar surface area (TPSA) is 119 Å². The summed E-state index contributed by atoms with van der Waals surface area (Å²) in [4.78, 5) is 30.9. The molecule has 1 aliphatic rings. The third kappa shape index (κ3) is 9.03. The first-order valence-electron chi connectivity index (χ1n) is 18.0. The third-order valence-corrected chi connectivity index (χ3v) is 12.0. The van der Waals surface area contributed by atoms with Crippen LogP contribution in [0.4, 0.5) is 24.5 Å². The summed E-state index contributed by atoms with van der Waals surface area (Å²) >= 11 is 1.47. The highest BCUT2D eigenvalue weighted by atomic mass is 32.2. The summed E-state index contributed by atoms with van der Waals surface area (Å²) in [6.07, 6.45) is -4.85. The molecule has 9 nitrogen and oxygen atoms in total. The summed E-state index contributed by atoms with van der Waals surface area (Å²) in [6, 6.07) is 36.5. The van der Waals surface area contributed by atoms with Crippen molar-refractivity contribution in [1.29, 1.82) is 0 Å². The van der Waals surface area contributed by atoms with Crippen molar-refractivity contribution < 1.29 is 36.3 Å². The number of nitrogens with one attached hydrogen (secondary N) is 2. The van der Waals surface area contributed by atoms with Gasteiger partial charge in [-0.25, -0.2) is 13.1 Å². The molecule has 3 N–H and O–H groups in total. The minimum Gasteiger partial charge on any atom is -0.508 e. The number of anilines is 2. The van der Waals surface area contributed by atoms with Crippen LogP contribution in [0.15, 0.2) is 143 Å². The number of thioether (sulfide) groups is 1. The van der Waals surface area contributed by atoms with E-state index < -0.39 is 32.6 Å². The first kappa shape index (κ1) is 39.3. The van der Waals surface area contributed by atoms with E-state index in [0.717, 1.165) is 44.6 Å². The second kappa shape index (κ2) is 16.6. The Labute approximate surface area is 332 Å². The largest absolute Gasteiger partial charge is 0.508 e. The maximum atomic E-state index is 14.0. The molecule has 0 radical (unpaired) electrons. The number of hydrogen-bond donors (Lipinski definition) is 3. The molecule has 1 aliphatic heterocycles. The number of carbonyl (C=O) groups is 2. The molecule has 1 heterocycles. The van der Waals surface area contributed by atoms with Crippen LogP contribution in [0, 0.1) is 0 Å². The van der Waals surface area contributed by atoms with E-state index in [4.69, 9.17) is 0 Å². The van der Waals surface area contributed by atoms with Gasteiger partial charge in [0.1, 0.15) is 5.75 Å². The normalized spacial score (nSPS) is 13.4. The Balaban J connectivity index is 0.966. The molecule has 0 aromatic heterocycles. The van der Waals surface area contributed by atoms with E-state index in [1.165, 1.54) is 23.9 Å². The Morgan fingerprint density at radius 3 is 2.16 bits per heavy atom. The summed E-state index contributed by atoms with van der Waals surface area (Å²) in [5, 5.41) is 14.5. The lowest BCUT2D eigenvalue weighted by Gasteiger charge is -2.36. The van der Waals surface area contributed by atoms with Gasteiger partial charge in [-0.1, -0.05) is 60.7 Å². The molecule has 0 unspecified atom stereocenters. The van der Waals surface area contributed by atoms with Crippen molar-refractivity contribution in [3.05, 3.63) is 150 Å². The SMILES string of the molecule is O=C(NS(=O)(=O)c1ccc(NCCSc2ccccc2)c(C(F)(F)F)c1)c1ccc(N2CCN(C(=O)c3ccc(-c4cccc(O)c4)c4ccccc34)CC2)cc1. The first-order chi connectivity index (χ1) is 27.4. The first-order valence-corrected chi connectivity index (χ1v) is 20.5. The van der Waals surface area contributed by atoms with Gasteiger partial charge in [0.05, 0.1) is 10.5 Å². The summed E-state index contributed by atoms with van der Waals surface area (Å²) in [5.74, 6) is -0.467. The Kier molecular flexibility index (Phi) is 11.4. The zero-order chi connectivity index (χ0) is 40.2. The van der Waals surface area contributed by atoms with Gasteiger partial charge in [0.15, 0.2) is 0 Å². The Hall–Kier alpha value is -5.99. The van der Waals surface area contributed by atoms with Gasteiger partial charge in [0.25, 0.3) is 21.8 Å². The molecule has 57 heavy (non-hydrogen) atoms. The second-order valence-electron chi connectivity index (χ2n) is 13.3. The van der Waals surface area contributed by atoms with Crippen LogP contribution in [-0.2, 0) is 16.2 Å². The molecule has 0 spiro atoms. The van der Waals surface area contributed by atoms with E-state index in [-0.39, 0.29) is 29.5 Å². The van der Waals surface area contributed by atoms with Gasteiger partial charge < -0.3 is 20.2 Å². The molecule has 6 aromatic rings. The molecule has 1 saturated heterocycles. The van der Waals surface area contributed by atoms with E-state index >= 15 is 0 Å². The van der Waals surface area contributed by atoms with Gasteiger partial charge in [0, 0.05) is 65.9 Å². The molecular weight excluding hydrogens is 774 g/mol. The van der Waals surface area contributed by atoms with E-state index in [9.17, 15) is 36.3 Å². The number of phenols is 1. The summed E-state index contributed by atoms with van der Waals surface area (Å²) in [7, 11) is -4.66. The minimum absolute atomic E-state index is 0.00225. The fourth-order valence-corrected chi connectivity index (χ4v) is 8.55. The molecule has 6 aromatic carbocycles. The number of alkyl halides is 3. The molecule has 14 heteroatoms. The Bertz CT molecular complexity index is 2530. The standard InChI is InChI=1S/C43H37F3N4O5S2/c44-43(45,46)39-28-34(17-20-40(39)47-21-26-56-33-9-2-1-3-10-33)57(54,55)48-41(52)29-13-15-31(16-14-29)49-22-24-50(25-23-49)42(53)38-19-18-35(30-7-6-8-32(51)27-30)36-11-4-5-12-37(36)38/h1-20,27-28,47,51H,21-26H2,(H,48,52). The number of phenolic OH excluding ortho intramolecular Hbond substituents is 1. The van der Waals surface area contributed by atoms with Crippen LogP contribution in [0.3, 0.4) is 0 Å². The molecule has 0 bridgehead atoms. The van der Waals surface area contributed by atoms with E-state index in [0.29, 0.717) is 43.6 Å². The van der Waals surface area contributed by atoms with Crippen molar-refractivity contribution in [3.63, 3.8) is 0 Å². The number of amides is 2. The van der Waals surface area contributed by atoms with Gasteiger partial charge >= 0.3 is 6.18 Å². The van der Waals surface area contributed by atoms with E-state index in [1.807, 2.05) is 82.4 Å². The molecule has 0 saturated carbocycles. The molecule has 7 rings (SSSR count). The molecular formula is C43H37F3N4O5S2. The van der Waals surface area contributed by atoms with Gasteiger partial charge in [-0.05, 0) is 94.7 Å². The van der Waals surface area contributed by atoms with Crippen LogP contribution >= 0.6 is 11.8 Å². The van der Waals surface area contributed by atoms with Gasteiger partial charge in [0.2, 0.25) is 0 Å². The smallest absolute Gasteiger partial charge is 0.418 e. The summed E-state index contributed by atoms with van der Waals surface area (Å²) in [6.45, 7) is 2.07. The highest BCUT2D eigenvalue weighted by Crippen LogP contribution is 2.37. The van der Waals surface area contributed by atoms with Crippen LogP contribution in [0.2, 0.25) is 0 Å². The van der Waals surface area contributed by atoms with Crippen molar-refractivity contribution in [2.24, 2.45) is 0 Å². The predicted molar refractivity (Wildman–Crippen MR) is 217 cm³/mol. The van der Waals surface area contributed by atoms with Crippen molar-refractivity contribution in [1.82, 2.24) is 9.62 Å². The van der Waals surface area contributed by atoms with Crippen LogP contribution < -0.4 is 14.9 Å². The van der Waals surface area contributed by atoms with Crippen LogP contribution in [0.1, 0.15) is 26.3 Å². The average Bonchev–Trinajstić information content (AvgIpc) is 3.21. The van der Waals surface area contributed by atoms with Crippen LogP contribution in [0.25, 0.3) is 21.9 Å². The quantitative estimate of drug-likeness (QED) is 0.0881. The molecule has 1 fully saturated rings.